The topological polar surface area (TPSA) is 29.5 Å². The third kappa shape index (κ3) is 4.45. The fraction of sp³-hybridized carbons (Fsp3) is 0.381. The van der Waals surface area contributed by atoms with E-state index in [-0.39, 0.29) is 17.8 Å². The van der Waals surface area contributed by atoms with Gasteiger partial charge in [-0.1, -0.05) is 31.2 Å². The summed E-state index contributed by atoms with van der Waals surface area (Å²) in [6.07, 6.45) is 3.12. The lowest BCUT2D eigenvalue weighted by molar-refractivity contribution is 0.00211. The van der Waals surface area contributed by atoms with E-state index < -0.39 is 0 Å². The van der Waals surface area contributed by atoms with Gasteiger partial charge in [0.1, 0.15) is 5.82 Å². The number of nitrogens with zero attached hydrogens (tertiary/aromatic N) is 1. The molecule has 0 bridgehead atoms. The number of hydrogen-bond acceptors (Lipinski definition) is 2. The predicted octanol–water partition coefficient (Wildman–Crippen LogP) is 4.52. The Labute approximate surface area is 148 Å². The van der Waals surface area contributed by atoms with Gasteiger partial charge in [-0.05, 0) is 54.7 Å². The first-order valence-electron chi connectivity index (χ1n) is 8.94. The lowest BCUT2D eigenvalue weighted by atomic mass is 10.0. The number of rotatable bonds is 5. The zero-order valence-corrected chi connectivity index (χ0v) is 14.6. The first-order valence-corrected chi connectivity index (χ1v) is 8.94. The predicted molar refractivity (Wildman–Crippen MR) is 97.0 cm³/mol. The van der Waals surface area contributed by atoms with Crippen molar-refractivity contribution in [1.29, 1.82) is 0 Å². The number of benzene rings is 2. The molecule has 25 heavy (non-hydrogen) atoms. The van der Waals surface area contributed by atoms with Gasteiger partial charge >= 0.3 is 0 Å². The monoisotopic (exact) mass is 341 g/mol. The van der Waals surface area contributed by atoms with Gasteiger partial charge in [-0.25, -0.2) is 4.39 Å². The van der Waals surface area contributed by atoms with E-state index in [1.807, 2.05) is 35.2 Å². The zero-order valence-electron chi connectivity index (χ0n) is 14.6. The highest BCUT2D eigenvalue weighted by atomic mass is 19.1. The summed E-state index contributed by atoms with van der Waals surface area (Å²) < 4.78 is 19.2. The van der Waals surface area contributed by atoms with E-state index in [4.69, 9.17) is 4.74 Å². The van der Waals surface area contributed by atoms with Crippen LogP contribution in [0.1, 0.15) is 36.5 Å². The molecule has 0 spiro atoms. The summed E-state index contributed by atoms with van der Waals surface area (Å²) in [4.78, 5) is 14.6. The normalized spacial score (nSPS) is 17.5. The van der Waals surface area contributed by atoms with Gasteiger partial charge < -0.3 is 9.64 Å². The van der Waals surface area contributed by atoms with Crippen molar-refractivity contribution >= 4 is 5.91 Å². The minimum absolute atomic E-state index is 0.0376. The lowest BCUT2D eigenvalue weighted by Crippen LogP contribution is -2.43. The quantitative estimate of drug-likeness (QED) is 0.800. The fourth-order valence-electron chi connectivity index (χ4n) is 3.20. The van der Waals surface area contributed by atoms with Crippen molar-refractivity contribution in [3.63, 3.8) is 0 Å². The van der Waals surface area contributed by atoms with Crippen LogP contribution in [-0.2, 0) is 4.74 Å². The van der Waals surface area contributed by atoms with Crippen molar-refractivity contribution < 1.29 is 13.9 Å². The van der Waals surface area contributed by atoms with Crippen molar-refractivity contribution in [3.8, 4) is 11.1 Å². The first-order chi connectivity index (χ1) is 12.2. The van der Waals surface area contributed by atoms with E-state index in [1.165, 1.54) is 12.1 Å². The summed E-state index contributed by atoms with van der Waals surface area (Å²) in [5, 5.41) is 0. The highest BCUT2D eigenvalue weighted by molar-refractivity contribution is 5.94. The largest absolute Gasteiger partial charge is 0.376 e. The highest BCUT2D eigenvalue weighted by Gasteiger charge is 2.24. The van der Waals surface area contributed by atoms with Crippen LogP contribution in [0.25, 0.3) is 11.1 Å². The third-order valence-corrected chi connectivity index (χ3v) is 4.51. The molecule has 0 radical (unpaired) electrons. The molecule has 3 nitrogen and oxygen atoms in total. The number of piperidine rings is 1. The number of ether oxygens (including phenoxy) is 1. The van der Waals surface area contributed by atoms with Crippen LogP contribution in [0, 0.1) is 5.82 Å². The number of amides is 1. The Morgan fingerprint density at radius 2 is 2.00 bits per heavy atom. The molecule has 0 N–H and O–H groups in total. The summed E-state index contributed by atoms with van der Waals surface area (Å²) in [6.45, 7) is 4.27. The van der Waals surface area contributed by atoms with E-state index in [2.05, 4.69) is 6.92 Å². The third-order valence-electron chi connectivity index (χ3n) is 4.51. The van der Waals surface area contributed by atoms with Crippen LogP contribution in [-0.4, -0.2) is 36.6 Å². The molecule has 1 saturated heterocycles. The molecule has 0 saturated carbocycles. The van der Waals surface area contributed by atoms with E-state index in [1.54, 1.807) is 6.07 Å². The van der Waals surface area contributed by atoms with E-state index in [0.29, 0.717) is 12.1 Å². The average molecular weight is 341 g/mol. The van der Waals surface area contributed by atoms with Gasteiger partial charge in [0, 0.05) is 25.3 Å². The molecule has 1 heterocycles. The number of carbonyl (C=O) groups is 1. The van der Waals surface area contributed by atoms with Crippen LogP contribution in [0.5, 0.6) is 0 Å². The maximum absolute atomic E-state index is 13.4. The second-order valence-electron chi connectivity index (χ2n) is 6.47. The van der Waals surface area contributed by atoms with Gasteiger partial charge in [0.05, 0.1) is 6.10 Å². The molecule has 1 aliphatic heterocycles. The maximum Gasteiger partial charge on any atom is 0.253 e. The number of hydrogen-bond donors (Lipinski definition) is 0. The Balaban J connectivity index is 1.68. The number of likely N-dealkylation sites (tertiary alicyclic amines) is 1. The molecule has 1 atom stereocenters. The molecule has 0 aromatic heterocycles. The van der Waals surface area contributed by atoms with Gasteiger partial charge in [-0.2, -0.15) is 0 Å². The van der Waals surface area contributed by atoms with Crippen molar-refractivity contribution in [2.24, 2.45) is 0 Å². The Hall–Kier alpha value is -2.20. The first kappa shape index (κ1) is 17.6. The number of carbonyl (C=O) groups excluding carboxylic acids is 1. The van der Waals surface area contributed by atoms with Crippen LogP contribution in [0.15, 0.2) is 48.5 Å². The van der Waals surface area contributed by atoms with E-state index in [0.717, 1.165) is 43.5 Å². The second-order valence-corrected chi connectivity index (χ2v) is 6.47. The van der Waals surface area contributed by atoms with Crippen molar-refractivity contribution in [2.45, 2.75) is 32.3 Å². The molecular weight excluding hydrogens is 317 g/mol. The van der Waals surface area contributed by atoms with Gasteiger partial charge in [0.2, 0.25) is 0 Å². The number of halogens is 1. The summed E-state index contributed by atoms with van der Waals surface area (Å²) in [5.74, 6) is -0.223. The Kier molecular flexibility index (Phi) is 5.82. The molecule has 0 unspecified atom stereocenters. The molecule has 1 aliphatic rings. The van der Waals surface area contributed by atoms with Crippen LogP contribution in [0.2, 0.25) is 0 Å². The van der Waals surface area contributed by atoms with E-state index in [9.17, 15) is 9.18 Å². The van der Waals surface area contributed by atoms with Gasteiger partial charge in [0.25, 0.3) is 5.91 Å². The SMILES string of the molecule is CCCO[C@@H]1CCCN(C(=O)c2ccc(-c3cccc(F)c3)cc2)C1. The molecule has 132 valence electrons. The smallest absolute Gasteiger partial charge is 0.253 e. The van der Waals surface area contributed by atoms with Gasteiger partial charge in [-0.3, -0.25) is 4.79 Å². The van der Waals surface area contributed by atoms with E-state index >= 15 is 0 Å². The Morgan fingerprint density at radius 3 is 2.72 bits per heavy atom. The summed E-state index contributed by atoms with van der Waals surface area (Å²) >= 11 is 0. The summed E-state index contributed by atoms with van der Waals surface area (Å²) in [5.41, 5.74) is 2.38. The molecule has 0 aliphatic carbocycles. The van der Waals surface area contributed by atoms with Crippen molar-refractivity contribution in [2.75, 3.05) is 19.7 Å². The molecule has 2 aromatic rings. The van der Waals surface area contributed by atoms with Gasteiger partial charge in [-0.15, -0.1) is 0 Å². The second kappa shape index (κ2) is 8.26. The van der Waals surface area contributed by atoms with Crippen molar-refractivity contribution in [1.82, 2.24) is 4.90 Å². The minimum Gasteiger partial charge on any atom is -0.376 e. The van der Waals surface area contributed by atoms with Crippen LogP contribution >= 0.6 is 0 Å². The van der Waals surface area contributed by atoms with Crippen LogP contribution in [0.4, 0.5) is 4.39 Å². The van der Waals surface area contributed by atoms with Crippen LogP contribution < -0.4 is 0 Å². The standard InChI is InChI=1S/C21H24FNO2/c1-2-13-25-20-7-4-12-23(15-20)21(24)17-10-8-16(9-11-17)18-5-3-6-19(22)14-18/h3,5-6,8-11,14,20H,2,4,7,12-13,15H2,1H3/t20-/m1/s1. The average Bonchev–Trinajstić information content (AvgIpc) is 2.66. The van der Waals surface area contributed by atoms with Crippen molar-refractivity contribution in [3.05, 3.63) is 59.9 Å². The minimum atomic E-state index is -0.260. The zero-order chi connectivity index (χ0) is 17.6. The molecule has 1 fully saturated rings. The fourth-order valence-corrected chi connectivity index (χ4v) is 3.20. The molecule has 1 amide bonds. The Bertz CT molecular complexity index is 714. The van der Waals surface area contributed by atoms with Crippen LogP contribution in [0.3, 0.4) is 0 Å². The van der Waals surface area contributed by atoms with Gasteiger partial charge in [0.15, 0.2) is 0 Å². The lowest BCUT2D eigenvalue weighted by Gasteiger charge is -2.32. The maximum atomic E-state index is 13.4. The summed E-state index contributed by atoms with van der Waals surface area (Å²) in [7, 11) is 0. The molecular formula is C21H24FNO2. The summed E-state index contributed by atoms with van der Waals surface area (Å²) in [6, 6.07) is 13.9. The highest BCUT2D eigenvalue weighted by Crippen LogP contribution is 2.22. The molecule has 2 aromatic carbocycles. The Morgan fingerprint density at radius 1 is 1.20 bits per heavy atom. The molecule has 4 heteroatoms. The molecule has 3 rings (SSSR count).